The van der Waals surface area contributed by atoms with Crippen molar-refractivity contribution in [2.24, 2.45) is 5.73 Å². The Morgan fingerprint density at radius 3 is 2.34 bits per heavy atom. The van der Waals surface area contributed by atoms with E-state index in [9.17, 15) is 13.6 Å². The number of piperidine rings is 1. The average molecular weight is 479 g/mol. The number of halogens is 3. The molecule has 2 N–H and O–H groups in total. The van der Waals surface area contributed by atoms with Crippen LogP contribution in [0.4, 0.5) is 13.2 Å². The number of benzene rings is 3. The maximum atomic E-state index is 15.3. The maximum Gasteiger partial charge on any atom is 0.253 e. The number of hydrogen-bond donors (Lipinski definition) is 1. The summed E-state index contributed by atoms with van der Waals surface area (Å²) in [5.74, 6) is -3.13. The van der Waals surface area contributed by atoms with E-state index in [0.29, 0.717) is 22.5 Å². The quantitative estimate of drug-likeness (QED) is 0.362. The minimum absolute atomic E-state index is 0.0459. The van der Waals surface area contributed by atoms with Crippen molar-refractivity contribution >= 4 is 16.9 Å². The molecule has 0 saturated carbocycles. The number of nitrogens with zero attached hydrogens (tertiary/aromatic N) is 1. The number of carbonyl (C=O) groups is 1. The molecule has 1 aliphatic rings. The van der Waals surface area contributed by atoms with Gasteiger partial charge < -0.3 is 15.1 Å². The maximum absolute atomic E-state index is 15.3. The molecule has 2 heterocycles. The highest BCUT2D eigenvalue weighted by Gasteiger charge is 2.35. The summed E-state index contributed by atoms with van der Waals surface area (Å²) >= 11 is 0. The molecule has 1 saturated heterocycles. The normalized spacial score (nSPS) is 15.5. The zero-order chi connectivity index (χ0) is 24.7. The summed E-state index contributed by atoms with van der Waals surface area (Å²) in [6.07, 6.45) is -0.757. The van der Waals surface area contributed by atoms with E-state index in [1.54, 1.807) is 12.1 Å². The molecule has 0 radical (unpaired) electrons. The van der Waals surface area contributed by atoms with Crippen molar-refractivity contribution in [2.45, 2.75) is 32.2 Å². The van der Waals surface area contributed by atoms with Gasteiger partial charge in [-0.2, -0.15) is 0 Å². The van der Waals surface area contributed by atoms with Gasteiger partial charge in [-0.15, -0.1) is 0 Å². The molecule has 180 valence electrons. The highest BCUT2D eigenvalue weighted by molar-refractivity contribution is 5.98. The van der Waals surface area contributed by atoms with E-state index < -0.39 is 17.6 Å². The summed E-state index contributed by atoms with van der Waals surface area (Å²) in [6.45, 7) is 2.15. The number of nitrogens with two attached hydrogens (primary N) is 1. The third-order valence-corrected chi connectivity index (χ3v) is 6.54. The number of hydrogen-bond acceptors (Lipinski definition) is 3. The summed E-state index contributed by atoms with van der Waals surface area (Å²) in [5.41, 5.74) is 10.4. The fourth-order valence-corrected chi connectivity index (χ4v) is 4.51. The fraction of sp³-hybridized carbons (Fsp3) is 0.250. The average Bonchev–Trinajstić information content (AvgIpc) is 3.27. The van der Waals surface area contributed by atoms with Crippen LogP contribution in [0.2, 0.25) is 0 Å². The zero-order valence-corrected chi connectivity index (χ0v) is 19.3. The zero-order valence-electron chi connectivity index (χ0n) is 19.3. The lowest BCUT2D eigenvalue weighted by atomic mass is 9.95. The number of alkyl halides is 2. The predicted octanol–water partition coefficient (Wildman–Crippen LogP) is 6.54. The fourth-order valence-electron chi connectivity index (χ4n) is 4.51. The van der Waals surface area contributed by atoms with Gasteiger partial charge >= 0.3 is 0 Å². The highest BCUT2D eigenvalue weighted by Crippen LogP contribution is 2.37. The van der Waals surface area contributed by atoms with Crippen LogP contribution in [0.1, 0.15) is 34.5 Å². The number of fused-ring (bicyclic) bond motifs is 1. The molecule has 5 rings (SSSR count). The van der Waals surface area contributed by atoms with Crippen LogP contribution in [0.15, 0.2) is 65.1 Å². The Labute approximate surface area is 201 Å². The number of aryl methyl sites for hydroxylation is 1. The lowest BCUT2D eigenvalue weighted by Crippen LogP contribution is -2.42. The van der Waals surface area contributed by atoms with E-state index in [1.165, 1.54) is 11.0 Å². The van der Waals surface area contributed by atoms with Crippen LogP contribution < -0.4 is 5.73 Å². The minimum atomic E-state index is -2.75. The molecule has 1 amide bonds. The van der Waals surface area contributed by atoms with E-state index in [0.717, 1.165) is 22.1 Å². The first kappa shape index (κ1) is 23.2. The standard InChI is InChI=1S/C28H25F3N2O2/c1-17-2-4-18(5-3-17)24-14-20(12-21-13-22(16-32)35-26(21)24)23-7-6-19(15-25(23)29)27(34)33-10-8-28(30,31)9-11-33/h2-7,12-15H,8-11,16,32H2,1H3. The molecule has 1 aromatic heterocycles. The van der Waals surface area contributed by atoms with Crippen LogP contribution in [0.25, 0.3) is 33.2 Å². The van der Waals surface area contributed by atoms with E-state index in [1.807, 2.05) is 49.4 Å². The Balaban J connectivity index is 1.52. The third kappa shape index (κ3) is 4.56. The molecule has 3 aromatic carbocycles. The van der Waals surface area contributed by atoms with Crippen LogP contribution >= 0.6 is 0 Å². The van der Waals surface area contributed by atoms with Gasteiger partial charge in [-0.3, -0.25) is 4.79 Å². The van der Waals surface area contributed by atoms with E-state index in [4.69, 9.17) is 10.2 Å². The van der Waals surface area contributed by atoms with Crippen LogP contribution in [0.3, 0.4) is 0 Å². The second kappa shape index (κ2) is 8.89. The van der Waals surface area contributed by atoms with Gasteiger partial charge in [-0.1, -0.05) is 35.9 Å². The molecule has 0 unspecified atom stereocenters. The smallest absolute Gasteiger partial charge is 0.253 e. The largest absolute Gasteiger partial charge is 0.459 e. The number of carbonyl (C=O) groups excluding carboxylic acids is 1. The Morgan fingerprint density at radius 1 is 0.971 bits per heavy atom. The molecule has 0 bridgehead atoms. The van der Waals surface area contributed by atoms with Crippen LogP contribution in [0, 0.1) is 12.7 Å². The van der Waals surface area contributed by atoms with Gasteiger partial charge in [0.15, 0.2) is 0 Å². The summed E-state index contributed by atoms with van der Waals surface area (Å²) < 4.78 is 48.2. The Morgan fingerprint density at radius 2 is 1.69 bits per heavy atom. The van der Waals surface area contributed by atoms with Crippen molar-refractivity contribution in [1.82, 2.24) is 4.90 Å². The SMILES string of the molecule is Cc1ccc(-c2cc(-c3ccc(C(=O)N4CCC(F)(F)CC4)cc3F)cc3cc(CN)oc23)cc1. The van der Waals surface area contributed by atoms with Crippen molar-refractivity contribution in [2.75, 3.05) is 13.1 Å². The second-order valence-electron chi connectivity index (χ2n) is 9.07. The number of furan rings is 1. The Kier molecular flexibility index (Phi) is 5.89. The van der Waals surface area contributed by atoms with E-state index >= 15 is 4.39 Å². The number of likely N-dealkylation sites (tertiary alicyclic amines) is 1. The number of rotatable bonds is 4. The lowest BCUT2D eigenvalue weighted by molar-refractivity contribution is -0.0494. The first-order valence-corrected chi connectivity index (χ1v) is 11.5. The Hall–Kier alpha value is -3.58. The monoisotopic (exact) mass is 478 g/mol. The van der Waals surface area contributed by atoms with Crippen LogP contribution in [-0.4, -0.2) is 29.8 Å². The molecule has 35 heavy (non-hydrogen) atoms. The third-order valence-electron chi connectivity index (χ3n) is 6.54. The summed E-state index contributed by atoms with van der Waals surface area (Å²) in [4.78, 5) is 14.1. The van der Waals surface area contributed by atoms with E-state index in [2.05, 4.69) is 0 Å². The minimum Gasteiger partial charge on any atom is -0.459 e. The van der Waals surface area contributed by atoms with Gasteiger partial charge in [0.1, 0.15) is 17.2 Å². The van der Waals surface area contributed by atoms with Crippen molar-refractivity contribution in [3.8, 4) is 22.3 Å². The van der Waals surface area contributed by atoms with Gasteiger partial charge in [0, 0.05) is 48.0 Å². The molecule has 1 aliphatic heterocycles. The van der Waals surface area contributed by atoms with Crippen LogP contribution in [0.5, 0.6) is 0 Å². The molecular weight excluding hydrogens is 453 g/mol. The predicted molar refractivity (Wildman–Crippen MR) is 130 cm³/mol. The molecule has 0 spiro atoms. The topological polar surface area (TPSA) is 59.5 Å². The first-order chi connectivity index (χ1) is 16.7. The Bertz CT molecular complexity index is 1400. The summed E-state index contributed by atoms with van der Waals surface area (Å²) in [5, 5.41) is 0.798. The second-order valence-corrected chi connectivity index (χ2v) is 9.07. The molecule has 4 aromatic rings. The van der Waals surface area contributed by atoms with Gasteiger partial charge in [-0.25, -0.2) is 13.2 Å². The van der Waals surface area contributed by atoms with Crippen molar-refractivity contribution in [3.05, 3.63) is 83.4 Å². The van der Waals surface area contributed by atoms with Crippen molar-refractivity contribution in [1.29, 1.82) is 0 Å². The van der Waals surface area contributed by atoms with Gasteiger partial charge in [0.05, 0.1) is 6.54 Å². The van der Waals surface area contributed by atoms with E-state index in [-0.39, 0.29) is 38.0 Å². The molecule has 7 heteroatoms. The number of amides is 1. The molecule has 4 nitrogen and oxygen atoms in total. The first-order valence-electron chi connectivity index (χ1n) is 11.5. The van der Waals surface area contributed by atoms with Gasteiger partial charge in [0.25, 0.3) is 11.8 Å². The summed E-state index contributed by atoms with van der Waals surface area (Å²) in [6, 6.07) is 17.8. The lowest BCUT2D eigenvalue weighted by Gasteiger charge is -2.31. The van der Waals surface area contributed by atoms with Gasteiger partial charge in [-0.05, 0) is 48.4 Å². The summed E-state index contributed by atoms with van der Waals surface area (Å²) in [7, 11) is 0. The molecule has 0 aliphatic carbocycles. The molecular formula is C28H25F3N2O2. The van der Waals surface area contributed by atoms with Gasteiger partial charge in [0.2, 0.25) is 0 Å². The highest BCUT2D eigenvalue weighted by atomic mass is 19.3. The molecule has 1 fully saturated rings. The van der Waals surface area contributed by atoms with Crippen LogP contribution in [-0.2, 0) is 6.54 Å². The molecule has 0 atom stereocenters. The van der Waals surface area contributed by atoms with Crippen molar-refractivity contribution < 1.29 is 22.4 Å². The van der Waals surface area contributed by atoms with Crippen molar-refractivity contribution in [3.63, 3.8) is 0 Å².